The van der Waals surface area contributed by atoms with E-state index < -0.39 is 0 Å². The number of carbonyl (C=O) groups excluding carboxylic acids is 1. The van der Waals surface area contributed by atoms with E-state index in [0.717, 1.165) is 63.3 Å². The van der Waals surface area contributed by atoms with Crippen LogP contribution in [0, 0.1) is 12.8 Å². The maximum Gasteiger partial charge on any atom is 0.163 e. The summed E-state index contributed by atoms with van der Waals surface area (Å²) in [6.45, 7) is 5.95. The van der Waals surface area contributed by atoms with Crippen LogP contribution in [-0.2, 0) is 4.79 Å². The number of rotatable bonds is 3. The standard InChI is InChI=1S/C13H10N4S.C8H11NO.C4H6O.C2H6/c1-7-6-14-13-11(15-7)17-10-8-4-2-3-5-9(8)16-12(10)18-13;1-9-7-3-5-8(10-2)6-4-7;5-3-4-1-2-4;1-2/h2-6,16H,1H3,(H,15,17);3-6,9H,1-2H3;3-4H,1-2H2;1-2H3. The van der Waals surface area contributed by atoms with Crippen LogP contribution in [0.2, 0.25) is 0 Å². The fourth-order valence-electron chi connectivity index (χ4n) is 3.15. The third kappa shape index (κ3) is 6.99. The second kappa shape index (κ2) is 12.8. The van der Waals surface area contributed by atoms with Crippen molar-refractivity contribution in [1.82, 2.24) is 15.0 Å². The molecule has 2 aromatic carbocycles. The lowest BCUT2D eigenvalue weighted by atomic mass is 10.2. The molecule has 1 aliphatic carbocycles. The number of carbonyl (C=O) groups is 1. The lowest BCUT2D eigenvalue weighted by molar-refractivity contribution is -0.108. The molecule has 1 fully saturated rings. The van der Waals surface area contributed by atoms with Crippen molar-refractivity contribution in [1.29, 1.82) is 0 Å². The van der Waals surface area contributed by atoms with Crippen molar-refractivity contribution in [3.63, 3.8) is 0 Å². The molecule has 0 spiro atoms. The van der Waals surface area contributed by atoms with Crippen molar-refractivity contribution in [2.45, 2.75) is 43.7 Å². The van der Waals surface area contributed by atoms with Crippen LogP contribution in [0.15, 0.2) is 64.8 Å². The van der Waals surface area contributed by atoms with Gasteiger partial charge in [-0.15, -0.1) is 0 Å². The molecule has 3 N–H and O–H groups in total. The van der Waals surface area contributed by atoms with E-state index in [1.807, 2.05) is 64.2 Å². The molecule has 1 aliphatic heterocycles. The Morgan fingerprint density at radius 3 is 2.43 bits per heavy atom. The van der Waals surface area contributed by atoms with E-state index in [1.54, 1.807) is 25.1 Å². The molecule has 4 aromatic rings. The van der Waals surface area contributed by atoms with Gasteiger partial charge in [0.05, 0.1) is 18.5 Å². The van der Waals surface area contributed by atoms with Gasteiger partial charge in [0.15, 0.2) is 5.82 Å². The Morgan fingerprint density at radius 2 is 1.83 bits per heavy atom. The second-order valence-corrected chi connectivity index (χ2v) is 8.72. The number of nitrogens with zero attached hydrogens (tertiary/aromatic N) is 2. The van der Waals surface area contributed by atoms with Crippen LogP contribution in [0.4, 0.5) is 17.2 Å². The lowest BCUT2D eigenvalue weighted by Crippen LogP contribution is -2.03. The number of fused-ring (bicyclic) bond motifs is 4. The lowest BCUT2D eigenvalue weighted by Gasteiger charge is -2.16. The SMILES string of the molecule is CC.CNc1ccc(OC)cc1.Cc1cnc2c(n1)Nc1c([nH]c3ccccc13)S2.O=CC1CC1. The first-order valence-corrected chi connectivity index (χ1v) is 12.6. The molecule has 0 unspecified atom stereocenters. The Morgan fingerprint density at radius 1 is 1.11 bits per heavy atom. The fraction of sp³-hybridized carbons (Fsp3) is 0.296. The van der Waals surface area contributed by atoms with Gasteiger partial charge in [-0.2, -0.15) is 0 Å². The molecular formula is C27H33N5O2S. The van der Waals surface area contributed by atoms with Gasteiger partial charge < -0.3 is 25.1 Å². The van der Waals surface area contributed by atoms with E-state index >= 15 is 0 Å². The Hall–Kier alpha value is -3.52. The number of aryl methyl sites for hydroxylation is 1. The Labute approximate surface area is 211 Å². The molecule has 7 nitrogen and oxygen atoms in total. The minimum absolute atomic E-state index is 0.454. The second-order valence-electron chi connectivity index (χ2n) is 7.72. The van der Waals surface area contributed by atoms with Gasteiger partial charge in [-0.05, 0) is 61.9 Å². The van der Waals surface area contributed by atoms with Crippen molar-refractivity contribution in [2.24, 2.45) is 5.92 Å². The number of anilines is 3. The monoisotopic (exact) mass is 491 g/mol. The van der Waals surface area contributed by atoms with E-state index in [4.69, 9.17) is 4.74 Å². The van der Waals surface area contributed by atoms with Gasteiger partial charge >= 0.3 is 0 Å². The molecule has 2 aromatic heterocycles. The topological polar surface area (TPSA) is 91.9 Å². The first-order chi connectivity index (χ1) is 17.1. The van der Waals surface area contributed by atoms with Crippen molar-refractivity contribution < 1.29 is 9.53 Å². The number of nitrogens with one attached hydrogen (secondary N) is 3. The molecule has 0 atom stereocenters. The molecule has 8 heteroatoms. The first kappa shape index (κ1) is 26.1. The molecule has 35 heavy (non-hydrogen) atoms. The van der Waals surface area contributed by atoms with Crippen LogP contribution in [0.25, 0.3) is 10.9 Å². The zero-order valence-corrected chi connectivity index (χ0v) is 21.7. The number of methoxy groups -OCH3 is 1. The van der Waals surface area contributed by atoms with Gasteiger partial charge in [-0.25, -0.2) is 9.97 Å². The molecule has 0 amide bonds. The van der Waals surface area contributed by atoms with Crippen LogP contribution in [0.5, 0.6) is 5.75 Å². The molecule has 0 radical (unpaired) electrons. The summed E-state index contributed by atoms with van der Waals surface area (Å²) in [4.78, 5) is 21.9. The average Bonchev–Trinajstić information content (AvgIpc) is 3.70. The van der Waals surface area contributed by atoms with Gasteiger partial charge in [0, 0.05) is 35.8 Å². The highest BCUT2D eigenvalue weighted by Crippen LogP contribution is 2.45. The highest BCUT2D eigenvalue weighted by atomic mass is 32.2. The Kier molecular flexibility index (Phi) is 9.55. The predicted molar refractivity (Wildman–Crippen MR) is 145 cm³/mol. The number of benzene rings is 2. The van der Waals surface area contributed by atoms with Crippen LogP contribution in [0.3, 0.4) is 0 Å². The van der Waals surface area contributed by atoms with Crippen LogP contribution < -0.4 is 15.4 Å². The van der Waals surface area contributed by atoms with E-state index in [1.165, 1.54) is 5.39 Å². The maximum absolute atomic E-state index is 9.57. The number of ether oxygens (including phenoxy) is 1. The summed E-state index contributed by atoms with van der Waals surface area (Å²) in [5, 5.41) is 9.61. The zero-order chi connectivity index (χ0) is 25.2. The van der Waals surface area contributed by atoms with Crippen LogP contribution in [-0.4, -0.2) is 35.4 Å². The van der Waals surface area contributed by atoms with Crippen molar-refractivity contribution in [2.75, 3.05) is 24.8 Å². The largest absolute Gasteiger partial charge is 0.497 e. The third-order valence-electron chi connectivity index (χ3n) is 5.17. The number of aldehydes is 1. The smallest absolute Gasteiger partial charge is 0.163 e. The molecule has 184 valence electrons. The van der Waals surface area contributed by atoms with Gasteiger partial charge in [0.1, 0.15) is 22.1 Å². The highest BCUT2D eigenvalue weighted by Gasteiger charge is 2.22. The summed E-state index contributed by atoms with van der Waals surface area (Å²) in [6, 6.07) is 16.0. The van der Waals surface area contributed by atoms with Crippen LogP contribution in [0.1, 0.15) is 32.4 Å². The Balaban J connectivity index is 0.000000169. The highest BCUT2D eigenvalue weighted by molar-refractivity contribution is 7.99. The van der Waals surface area contributed by atoms with Crippen molar-refractivity contribution >= 4 is 46.1 Å². The summed E-state index contributed by atoms with van der Waals surface area (Å²) in [6.07, 6.45) is 5.11. The molecule has 0 bridgehead atoms. The van der Waals surface area contributed by atoms with Crippen molar-refractivity contribution in [3.05, 3.63) is 60.4 Å². The van der Waals surface area contributed by atoms with Gasteiger partial charge in [0.2, 0.25) is 0 Å². The number of hydrogen-bond donors (Lipinski definition) is 3. The maximum atomic E-state index is 9.57. The summed E-state index contributed by atoms with van der Waals surface area (Å²) in [5.41, 5.74) is 4.25. The molecule has 2 aliphatic rings. The molecule has 0 saturated heterocycles. The summed E-state index contributed by atoms with van der Waals surface area (Å²) < 4.78 is 4.99. The summed E-state index contributed by atoms with van der Waals surface area (Å²) in [5.74, 6) is 2.19. The Bertz CT molecular complexity index is 1210. The molecule has 6 rings (SSSR count). The fourth-order valence-corrected chi connectivity index (χ4v) is 4.06. The van der Waals surface area contributed by atoms with E-state index in [2.05, 4.69) is 37.7 Å². The molecule has 3 heterocycles. The van der Waals surface area contributed by atoms with E-state index in [0.29, 0.717) is 5.92 Å². The minimum Gasteiger partial charge on any atom is -0.497 e. The summed E-state index contributed by atoms with van der Waals surface area (Å²) in [7, 11) is 3.55. The number of aromatic amines is 1. The predicted octanol–water partition coefficient (Wildman–Crippen LogP) is 6.83. The van der Waals surface area contributed by atoms with Crippen LogP contribution >= 0.6 is 11.8 Å². The first-order valence-electron chi connectivity index (χ1n) is 11.8. The number of hydrogen-bond acceptors (Lipinski definition) is 7. The molecular weight excluding hydrogens is 458 g/mol. The van der Waals surface area contributed by atoms with E-state index in [-0.39, 0.29) is 0 Å². The number of para-hydroxylation sites is 1. The zero-order valence-electron chi connectivity index (χ0n) is 20.9. The van der Waals surface area contributed by atoms with E-state index in [9.17, 15) is 4.79 Å². The third-order valence-corrected chi connectivity index (χ3v) is 6.17. The minimum atomic E-state index is 0.454. The number of aromatic nitrogens is 3. The quantitative estimate of drug-likeness (QED) is 0.238. The van der Waals surface area contributed by atoms with Gasteiger partial charge in [-0.3, -0.25) is 0 Å². The van der Waals surface area contributed by atoms with Gasteiger partial charge in [0.25, 0.3) is 0 Å². The normalized spacial score (nSPS) is 12.6. The van der Waals surface area contributed by atoms with Gasteiger partial charge in [-0.1, -0.05) is 32.0 Å². The van der Waals surface area contributed by atoms with Crippen molar-refractivity contribution in [3.8, 4) is 5.75 Å². The summed E-state index contributed by atoms with van der Waals surface area (Å²) >= 11 is 1.63. The average molecular weight is 492 g/mol. The molecule has 1 saturated carbocycles. The number of H-pyrrole nitrogens is 1.